The van der Waals surface area contributed by atoms with Crippen molar-refractivity contribution in [3.05, 3.63) is 35.4 Å². The lowest BCUT2D eigenvalue weighted by Gasteiger charge is -2.07. The van der Waals surface area contributed by atoms with Crippen LogP contribution in [0.2, 0.25) is 0 Å². The van der Waals surface area contributed by atoms with Crippen LogP contribution in [0.4, 0.5) is 0 Å². The Balaban J connectivity index is 2.62. The van der Waals surface area contributed by atoms with E-state index in [0.717, 1.165) is 17.1 Å². The van der Waals surface area contributed by atoms with E-state index < -0.39 is 27.7 Å². The molecule has 0 aliphatic heterocycles. The molecule has 0 saturated carbocycles. The molecule has 0 bridgehead atoms. The summed E-state index contributed by atoms with van der Waals surface area (Å²) in [6.07, 6.45) is -0.299. The largest absolute Gasteiger partial charge is 0.469 e. The third kappa shape index (κ3) is 6.48. The van der Waals surface area contributed by atoms with Crippen molar-refractivity contribution >= 4 is 33.7 Å². The SMILES string of the molecule is CCSCc1ccc(C(=O)NS(=O)(=O)CCC(=O)OC)cc1. The van der Waals surface area contributed by atoms with Gasteiger partial charge in [0.15, 0.2) is 0 Å². The van der Waals surface area contributed by atoms with Crippen LogP contribution in [0.5, 0.6) is 0 Å². The van der Waals surface area contributed by atoms with Gasteiger partial charge in [-0.2, -0.15) is 11.8 Å². The molecule has 6 nitrogen and oxygen atoms in total. The minimum atomic E-state index is -3.86. The lowest BCUT2D eigenvalue weighted by Crippen LogP contribution is -2.33. The number of carbonyl (C=O) groups is 2. The van der Waals surface area contributed by atoms with Crippen LogP contribution in [0.3, 0.4) is 0 Å². The summed E-state index contributed by atoms with van der Waals surface area (Å²) < 4.78 is 29.7. The molecule has 0 fully saturated rings. The highest BCUT2D eigenvalue weighted by molar-refractivity contribution is 7.98. The highest BCUT2D eigenvalue weighted by Gasteiger charge is 2.17. The van der Waals surface area contributed by atoms with Gasteiger partial charge in [-0.1, -0.05) is 19.1 Å². The number of esters is 1. The van der Waals surface area contributed by atoms with Crippen LogP contribution >= 0.6 is 11.8 Å². The van der Waals surface area contributed by atoms with Crippen molar-refractivity contribution in [3.63, 3.8) is 0 Å². The monoisotopic (exact) mass is 345 g/mol. The molecule has 1 rings (SSSR count). The first-order valence-electron chi connectivity index (χ1n) is 6.66. The molecule has 0 atom stereocenters. The Morgan fingerprint density at radius 2 is 1.86 bits per heavy atom. The van der Waals surface area contributed by atoms with Crippen molar-refractivity contribution in [2.45, 2.75) is 19.1 Å². The lowest BCUT2D eigenvalue weighted by molar-refractivity contribution is -0.140. The van der Waals surface area contributed by atoms with E-state index in [1.165, 1.54) is 7.11 Å². The molecule has 0 radical (unpaired) electrons. The second-order valence-electron chi connectivity index (χ2n) is 4.41. The molecule has 0 aliphatic carbocycles. The van der Waals surface area contributed by atoms with Crippen LogP contribution in [0.1, 0.15) is 29.3 Å². The second-order valence-corrected chi connectivity index (χ2v) is 7.53. The van der Waals surface area contributed by atoms with Crippen LogP contribution in [0.15, 0.2) is 24.3 Å². The van der Waals surface area contributed by atoms with E-state index in [-0.39, 0.29) is 12.0 Å². The summed E-state index contributed by atoms with van der Waals surface area (Å²) in [7, 11) is -2.69. The number of sulfonamides is 1. The fraction of sp³-hybridized carbons (Fsp3) is 0.429. The van der Waals surface area contributed by atoms with Crippen LogP contribution in [0, 0.1) is 0 Å². The number of benzene rings is 1. The standard InChI is InChI=1S/C14H19NO5S2/c1-3-21-10-11-4-6-12(7-5-11)14(17)15-22(18,19)9-8-13(16)20-2/h4-7H,3,8-10H2,1-2H3,(H,15,17). The molecule has 0 heterocycles. The highest BCUT2D eigenvalue weighted by Crippen LogP contribution is 2.12. The summed E-state index contributed by atoms with van der Waals surface area (Å²) >= 11 is 1.76. The first-order chi connectivity index (χ1) is 10.4. The second kappa shape index (κ2) is 8.79. The van der Waals surface area contributed by atoms with Crippen LogP contribution in [-0.2, 0) is 25.3 Å². The Bertz CT molecular complexity index is 611. The Morgan fingerprint density at radius 3 is 2.41 bits per heavy atom. The summed E-state index contributed by atoms with van der Waals surface area (Å²) in [5.74, 6) is 0.00260. The van der Waals surface area contributed by atoms with Gasteiger partial charge < -0.3 is 4.74 Å². The summed E-state index contributed by atoms with van der Waals surface area (Å²) in [6, 6.07) is 6.74. The van der Waals surface area contributed by atoms with E-state index in [2.05, 4.69) is 11.7 Å². The quantitative estimate of drug-likeness (QED) is 0.719. The number of amides is 1. The molecule has 1 aromatic carbocycles. The fourth-order valence-electron chi connectivity index (χ4n) is 1.54. The van der Waals surface area contributed by atoms with Gasteiger partial charge in [0.1, 0.15) is 0 Å². The average molecular weight is 345 g/mol. The summed E-state index contributed by atoms with van der Waals surface area (Å²) in [5, 5.41) is 0. The number of ether oxygens (including phenoxy) is 1. The molecule has 1 N–H and O–H groups in total. The molecule has 122 valence electrons. The van der Waals surface area contributed by atoms with Gasteiger partial charge in [-0.05, 0) is 23.4 Å². The normalized spacial score (nSPS) is 11.0. The van der Waals surface area contributed by atoms with Gasteiger partial charge in [-0.15, -0.1) is 0 Å². The molecule has 0 saturated heterocycles. The van der Waals surface area contributed by atoms with Crippen molar-refractivity contribution in [2.24, 2.45) is 0 Å². The molecule has 1 amide bonds. The van der Waals surface area contributed by atoms with E-state index >= 15 is 0 Å². The predicted molar refractivity (Wildman–Crippen MR) is 86.2 cm³/mol. The number of hydrogen-bond acceptors (Lipinski definition) is 6. The summed E-state index contributed by atoms with van der Waals surface area (Å²) in [5.41, 5.74) is 1.32. The van der Waals surface area contributed by atoms with E-state index in [1.807, 2.05) is 4.72 Å². The van der Waals surface area contributed by atoms with Crippen molar-refractivity contribution in [1.82, 2.24) is 4.72 Å². The van der Waals surface area contributed by atoms with E-state index in [0.29, 0.717) is 0 Å². The molecule has 0 spiro atoms. The highest BCUT2D eigenvalue weighted by atomic mass is 32.2. The van der Waals surface area contributed by atoms with Gasteiger partial charge in [-0.25, -0.2) is 13.1 Å². The molecule has 0 unspecified atom stereocenters. The van der Waals surface area contributed by atoms with E-state index in [1.54, 1.807) is 36.0 Å². The van der Waals surface area contributed by atoms with Gasteiger partial charge in [0.2, 0.25) is 10.0 Å². The topological polar surface area (TPSA) is 89.5 Å². The van der Waals surface area contributed by atoms with Gasteiger partial charge in [0, 0.05) is 11.3 Å². The zero-order valence-corrected chi connectivity index (χ0v) is 14.1. The summed E-state index contributed by atoms with van der Waals surface area (Å²) in [4.78, 5) is 22.8. The maximum Gasteiger partial charge on any atom is 0.306 e. The summed E-state index contributed by atoms with van der Waals surface area (Å²) in [6.45, 7) is 2.06. The van der Waals surface area contributed by atoms with Crippen LogP contribution < -0.4 is 4.72 Å². The first kappa shape index (κ1) is 18.5. The lowest BCUT2D eigenvalue weighted by atomic mass is 10.1. The number of methoxy groups -OCH3 is 1. The number of thioether (sulfide) groups is 1. The number of hydrogen-bond donors (Lipinski definition) is 1. The van der Waals surface area contributed by atoms with Gasteiger partial charge in [0.05, 0.1) is 19.3 Å². The van der Waals surface area contributed by atoms with Gasteiger partial charge in [-0.3, -0.25) is 9.59 Å². The molecule has 0 aliphatic rings. The Hall–Kier alpha value is -1.54. The van der Waals surface area contributed by atoms with Gasteiger partial charge >= 0.3 is 5.97 Å². The molecular weight excluding hydrogens is 326 g/mol. The Kier molecular flexibility index (Phi) is 7.40. The van der Waals surface area contributed by atoms with Crippen molar-refractivity contribution in [1.29, 1.82) is 0 Å². The molecular formula is C14H19NO5S2. The van der Waals surface area contributed by atoms with E-state index in [4.69, 9.17) is 0 Å². The predicted octanol–water partition coefficient (Wildman–Crippen LogP) is 1.56. The molecule has 1 aromatic rings. The molecule has 22 heavy (non-hydrogen) atoms. The van der Waals surface area contributed by atoms with Gasteiger partial charge in [0.25, 0.3) is 5.91 Å². The van der Waals surface area contributed by atoms with Crippen LogP contribution in [0.25, 0.3) is 0 Å². The van der Waals surface area contributed by atoms with Crippen LogP contribution in [-0.4, -0.2) is 38.9 Å². The number of nitrogens with one attached hydrogen (secondary N) is 1. The minimum Gasteiger partial charge on any atom is -0.469 e. The Morgan fingerprint density at radius 1 is 1.23 bits per heavy atom. The number of rotatable bonds is 8. The van der Waals surface area contributed by atoms with E-state index in [9.17, 15) is 18.0 Å². The zero-order valence-electron chi connectivity index (χ0n) is 12.5. The maximum absolute atomic E-state index is 11.9. The van der Waals surface area contributed by atoms with Crippen molar-refractivity contribution < 1.29 is 22.7 Å². The maximum atomic E-state index is 11.9. The first-order valence-corrected chi connectivity index (χ1v) is 9.47. The number of carbonyl (C=O) groups excluding carboxylic acids is 2. The van der Waals surface area contributed by atoms with Crippen molar-refractivity contribution in [3.8, 4) is 0 Å². The third-order valence-corrected chi connectivity index (χ3v) is 4.92. The average Bonchev–Trinajstić information content (AvgIpc) is 2.50. The minimum absolute atomic E-state index is 0.256. The smallest absolute Gasteiger partial charge is 0.306 e. The fourth-order valence-corrected chi connectivity index (χ4v) is 3.11. The molecule has 8 heteroatoms. The third-order valence-electron chi connectivity index (χ3n) is 2.74. The van der Waals surface area contributed by atoms with Crippen molar-refractivity contribution in [2.75, 3.05) is 18.6 Å². The Labute approximate surface area is 134 Å². The zero-order chi connectivity index (χ0) is 16.6. The molecule has 0 aromatic heterocycles.